The molecule has 0 aliphatic rings. The summed E-state index contributed by atoms with van der Waals surface area (Å²) in [7, 11) is 3.96. The van der Waals surface area contributed by atoms with E-state index in [1.165, 1.54) is 0 Å². The second-order valence-corrected chi connectivity index (χ2v) is 6.05. The van der Waals surface area contributed by atoms with Gasteiger partial charge in [0.05, 0.1) is 12.3 Å². The number of hydrogen-bond donors (Lipinski definition) is 2. The van der Waals surface area contributed by atoms with E-state index in [1.807, 2.05) is 45.0 Å². The fourth-order valence-electron chi connectivity index (χ4n) is 2.27. The maximum atomic E-state index is 12.1. The van der Waals surface area contributed by atoms with Gasteiger partial charge in [0.2, 0.25) is 5.91 Å². The van der Waals surface area contributed by atoms with Crippen molar-refractivity contribution < 1.29 is 9.21 Å². The largest absolute Gasteiger partial charge is 0.468 e. The molecule has 0 spiro atoms. The fourth-order valence-corrected chi connectivity index (χ4v) is 2.27. The standard InChI is InChI=1S/C16H29N3O2/c1-12(7-5-8-13(2)17)16(20)18-11-14(19(3)4)15-9-6-10-21-15/h6,9-10,12-14H,5,7-8,11,17H2,1-4H3,(H,18,20). The van der Waals surface area contributed by atoms with Gasteiger partial charge in [-0.1, -0.05) is 13.3 Å². The third-order valence-electron chi connectivity index (χ3n) is 3.71. The number of likely N-dealkylation sites (N-methyl/N-ethyl adjacent to an activating group) is 1. The molecule has 1 aromatic heterocycles. The Bertz CT molecular complexity index is 402. The highest BCUT2D eigenvalue weighted by atomic mass is 16.3. The summed E-state index contributed by atoms with van der Waals surface area (Å²) in [6, 6.07) is 4.06. The minimum atomic E-state index is 0.0168. The van der Waals surface area contributed by atoms with Gasteiger partial charge in [-0.05, 0) is 46.0 Å². The molecule has 0 fully saturated rings. The van der Waals surface area contributed by atoms with Crippen molar-refractivity contribution in [2.75, 3.05) is 20.6 Å². The van der Waals surface area contributed by atoms with Gasteiger partial charge < -0.3 is 15.5 Å². The van der Waals surface area contributed by atoms with E-state index < -0.39 is 0 Å². The third kappa shape index (κ3) is 6.31. The summed E-state index contributed by atoms with van der Waals surface area (Å²) in [6.45, 7) is 4.51. The molecule has 3 atom stereocenters. The lowest BCUT2D eigenvalue weighted by Crippen LogP contribution is -2.37. The molecule has 1 heterocycles. The second kappa shape index (κ2) is 8.85. The maximum Gasteiger partial charge on any atom is 0.222 e. The minimum Gasteiger partial charge on any atom is -0.468 e. The molecule has 21 heavy (non-hydrogen) atoms. The van der Waals surface area contributed by atoms with Crippen LogP contribution in [0.3, 0.4) is 0 Å². The zero-order chi connectivity index (χ0) is 15.8. The Labute approximate surface area is 127 Å². The highest BCUT2D eigenvalue weighted by Crippen LogP contribution is 2.18. The van der Waals surface area contributed by atoms with Crippen LogP contribution in [0.2, 0.25) is 0 Å². The SMILES string of the molecule is CC(N)CCCC(C)C(=O)NCC(c1ccco1)N(C)C. The lowest BCUT2D eigenvalue weighted by atomic mass is 10.0. The van der Waals surface area contributed by atoms with Gasteiger partial charge in [0, 0.05) is 18.5 Å². The molecule has 0 aliphatic heterocycles. The number of furan rings is 1. The Morgan fingerprint density at radius 2 is 2.10 bits per heavy atom. The number of carbonyl (C=O) groups excluding carboxylic acids is 1. The predicted molar refractivity (Wildman–Crippen MR) is 84.8 cm³/mol. The van der Waals surface area contributed by atoms with Crippen LogP contribution in [0, 0.1) is 5.92 Å². The van der Waals surface area contributed by atoms with Crippen molar-refractivity contribution in [3.63, 3.8) is 0 Å². The monoisotopic (exact) mass is 295 g/mol. The molecule has 3 unspecified atom stereocenters. The first-order valence-corrected chi connectivity index (χ1v) is 7.65. The molecule has 0 aliphatic carbocycles. The topological polar surface area (TPSA) is 71.5 Å². The Balaban J connectivity index is 2.39. The van der Waals surface area contributed by atoms with Crippen molar-refractivity contribution in [1.29, 1.82) is 0 Å². The summed E-state index contributed by atoms with van der Waals surface area (Å²) in [5, 5.41) is 3.02. The van der Waals surface area contributed by atoms with Gasteiger partial charge in [-0.25, -0.2) is 0 Å². The van der Waals surface area contributed by atoms with E-state index in [0.29, 0.717) is 6.54 Å². The van der Waals surface area contributed by atoms with Gasteiger partial charge in [-0.15, -0.1) is 0 Å². The Morgan fingerprint density at radius 3 is 2.62 bits per heavy atom. The lowest BCUT2D eigenvalue weighted by molar-refractivity contribution is -0.125. The minimum absolute atomic E-state index is 0.0168. The van der Waals surface area contributed by atoms with Gasteiger partial charge in [-0.2, -0.15) is 0 Å². The van der Waals surface area contributed by atoms with Crippen LogP contribution in [0.4, 0.5) is 0 Å². The third-order valence-corrected chi connectivity index (χ3v) is 3.71. The van der Waals surface area contributed by atoms with Crippen LogP contribution in [-0.4, -0.2) is 37.5 Å². The zero-order valence-electron chi connectivity index (χ0n) is 13.6. The first-order valence-electron chi connectivity index (χ1n) is 7.65. The Kier molecular flexibility index (Phi) is 7.47. The van der Waals surface area contributed by atoms with E-state index in [4.69, 9.17) is 10.2 Å². The van der Waals surface area contributed by atoms with Crippen LogP contribution in [0.15, 0.2) is 22.8 Å². The van der Waals surface area contributed by atoms with Crippen molar-refractivity contribution >= 4 is 5.91 Å². The number of rotatable bonds is 9. The summed E-state index contributed by atoms with van der Waals surface area (Å²) in [5.41, 5.74) is 5.72. The summed E-state index contributed by atoms with van der Waals surface area (Å²) < 4.78 is 5.43. The highest BCUT2D eigenvalue weighted by molar-refractivity contribution is 5.78. The average Bonchev–Trinajstić information content (AvgIpc) is 2.91. The van der Waals surface area contributed by atoms with Crippen molar-refractivity contribution in [1.82, 2.24) is 10.2 Å². The van der Waals surface area contributed by atoms with Gasteiger partial charge in [-0.3, -0.25) is 9.69 Å². The van der Waals surface area contributed by atoms with Crippen molar-refractivity contribution in [3.05, 3.63) is 24.2 Å². The van der Waals surface area contributed by atoms with Gasteiger partial charge >= 0.3 is 0 Å². The maximum absolute atomic E-state index is 12.1. The quantitative estimate of drug-likeness (QED) is 0.732. The average molecular weight is 295 g/mol. The summed E-state index contributed by atoms with van der Waals surface area (Å²) in [5.74, 6) is 0.978. The number of carbonyl (C=O) groups is 1. The van der Waals surface area contributed by atoms with Crippen LogP contribution in [0.5, 0.6) is 0 Å². The van der Waals surface area contributed by atoms with Gasteiger partial charge in [0.1, 0.15) is 5.76 Å². The molecular weight excluding hydrogens is 266 g/mol. The van der Waals surface area contributed by atoms with Crippen LogP contribution in [0.25, 0.3) is 0 Å². The number of nitrogens with two attached hydrogens (primary N) is 1. The summed E-state index contributed by atoms with van der Waals surface area (Å²) >= 11 is 0. The molecule has 0 aromatic carbocycles. The van der Waals surface area contributed by atoms with Crippen LogP contribution in [0.1, 0.15) is 44.9 Å². The molecule has 0 radical (unpaired) electrons. The molecule has 1 amide bonds. The highest BCUT2D eigenvalue weighted by Gasteiger charge is 2.19. The van der Waals surface area contributed by atoms with Crippen molar-refractivity contribution in [2.24, 2.45) is 11.7 Å². The van der Waals surface area contributed by atoms with E-state index in [9.17, 15) is 4.79 Å². The van der Waals surface area contributed by atoms with E-state index in [1.54, 1.807) is 6.26 Å². The summed E-state index contributed by atoms with van der Waals surface area (Å²) in [4.78, 5) is 14.2. The zero-order valence-corrected chi connectivity index (χ0v) is 13.6. The number of nitrogens with zero attached hydrogens (tertiary/aromatic N) is 1. The van der Waals surface area contributed by atoms with E-state index >= 15 is 0 Å². The molecule has 3 N–H and O–H groups in total. The number of nitrogens with one attached hydrogen (secondary N) is 1. The van der Waals surface area contributed by atoms with Crippen molar-refractivity contribution in [3.8, 4) is 0 Å². The summed E-state index contributed by atoms with van der Waals surface area (Å²) in [6.07, 6.45) is 4.48. The van der Waals surface area contributed by atoms with E-state index in [2.05, 4.69) is 5.32 Å². The van der Waals surface area contributed by atoms with Gasteiger partial charge in [0.15, 0.2) is 0 Å². The fraction of sp³-hybridized carbons (Fsp3) is 0.688. The first-order chi connectivity index (χ1) is 9.91. The smallest absolute Gasteiger partial charge is 0.222 e. The van der Waals surface area contributed by atoms with Crippen LogP contribution < -0.4 is 11.1 Å². The number of amides is 1. The molecule has 0 bridgehead atoms. The molecule has 120 valence electrons. The van der Waals surface area contributed by atoms with Crippen molar-refractivity contribution in [2.45, 2.75) is 45.2 Å². The van der Waals surface area contributed by atoms with E-state index in [-0.39, 0.29) is 23.9 Å². The molecule has 0 saturated carbocycles. The normalized spacial score (nSPS) is 15.7. The molecular formula is C16H29N3O2. The number of hydrogen-bond acceptors (Lipinski definition) is 4. The molecule has 5 nitrogen and oxygen atoms in total. The van der Waals surface area contributed by atoms with Crippen LogP contribution >= 0.6 is 0 Å². The molecule has 1 aromatic rings. The van der Waals surface area contributed by atoms with Crippen LogP contribution in [-0.2, 0) is 4.79 Å². The molecule has 0 saturated heterocycles. The Morgan fingerprint density at radius 1 is 1.38 bits per heavy atom. The second-order valence-electron chi connectivity index (χ2n) is 6.05. The lowest BCUT2D eigenvalue weighted by Gasteiger charge is -2.23. The first kappa shape index (κ1) is 17.7. The molecule has 5 heteroatoms. The molecule has 1 rings (SSSR count). The van der Waals surface area contributed by atoms with E-state index in [0.717, 1.165) is 25.0 Å². The Hall–Kier alpha value is -1.33. The predicted octanol–water partition coefficient (Wildman–Crippen LogP) is 2.15. The van der Waals surface area contributed by atoms with Gasteiger partial charge in [0.25, 0.3) is 0 Å².